The van der Waals surface area contributed by atoms with E-state index in [1.54, 1.807) is 24.0 Å². The largest absolute Gasteiger partial charge is 0.479 e. The number of aliphatic carboxylic acids is 1. The summed E-state index contributed by atoms with van der Waals surface area (Å²) < 4.78 is 18.3. The van der Waals surface area contributed by atoms with E-state index in [9.17, 15) is 14.0 Å². The van der Waals surface area contributed by atoms with Crippen LogP contribution in [0.5, 0.6) is 0 Å². The second-order valence-electron chi connectivity index (χ2n) is 6.02. The number of hydrogen-bond donors (Lipinski definition) is 1. The molecule has 2 fully saturated rings. The molecule has 4 atom stereocenters. The lowest BCUT2D eigenvalue weighted by Gasteiger charge is -2.35. The molecular formula is C16H18FNO4. The Balaban J connectivity index is 1.65. The monoisotopic (exact) mass is 307 g/mol. The zero-order chi connectivity index (χ0) is 15.9. The number of halogens is 1. The third-order valence-electron chi connectivity index (χ3n) is 4.25. The van der Waals surface area contributed by atoms with Gasteiger partial charge in [0.15, 0.2) is 6.10 Å². The molecule has 1 aliphatic heterocycles. The first kappa shape index (κ1) is 15.0. The first-order valence-corrected chi connectivity index (χ1v) is 7.38. The van der Waals surface area contributed by atoms with Crippen LogP contribution in [0.15, 0.2) is 24.3 Å². The summed E-state index contributed by atoms with van der Waals surface area (Å²) in [4.78, 5) is 25.2. The van der Waals surface area contributed by atoms with E-state index in [-0.39, 0.29) is 36.2 Å². The van der Waals surface area contributed by atoms with Crippen LogP contribution in [0.25, 0.3) is 0 Å². The van der Waals surface area contributed by atoms with Crippen LogP contribution in [0.2, 0.25) is 0 Å². The van der Waals surface area contributed by atoms with Gasteiger partial charge in [0.1, 0.15) is 5.82 Å². The molecule has 1 N–H and O–H groups in total. The number of amides is 1. The Labute approximate surface area is 127 Å². The van der Waals surface area contributed by atoms with Crippen LogP contribution in [-0.2, 0) is 14.3 Å². The van der Waals surface area contributed by atoms with Crippen LogP contribution in [0.1, 0.15) is 24.8 Å². The van der Waals surface area contributed by atoms with Crippen LogP contribution in [0.4, 0.5) is 4.39 Å². The van der Waals surface area contributed by atoms with Gasteiger partial charge in [0.2, 0.25) is 5.91 Å². The molecule has 0 radical (unpaired) electrons. The predicted octanol–water partition coefficient (Wildman–Crippen LogP) is 1.63. The van der Waals surface area contributed by atoms with E-state index < -0.39 is 12.1 Å². The van der Waals surface area contributed by atoms with E-state index in [2.05, 4.69) is 0 Å². The fourth-order valence-electron chi connectivity index (χ4n) is 3.05. The minimum absolute atomic E-state index is 0.0317. The molecule has 2 aliphatic rings. The minimum atomic E-state index is -1.05. The van der Waals surface area contributed by atoms with Crippen molar-refractivity contribution in [2.24, 2.45) is 5.92 Å². The molecule has 3 unspecified atom stereocenters. The number of hydrogen-bond acceptors (Lipinski definition) is 3. The predicted molar refractivity (Wildman–Crippen MR) is 75.8 cm³/mol. The summed E-state index contributed by atoms with van der Waals surface area (Å²) in [6.07, 6.45) is -0.522. The van der Waals surface area contributed by atoms with E-state index in [1.807, 2.05) is 0 Å². The fraction of sp³-hybridized carbons (Fsp3) is 0.500. The first-order valence-electron chi connectivity index (χ1n) is 7.38. The highest BCUT2D eigenvalue weighted by Gasteiger charge is 2.47. The molecule has 1 amide bonds. The summed E-state index contributed by atoms with van der Waals surface area (Å²) in [5, 5.41) is 9.07. The van der Waals surface area contributed by atoms with Crippen molar-refractivity contribution < 1.29 is 23.8 Å². The number of rotatable bonds is 3. The van der Waals surface area contributed by atoms with Crippen LogP contribution in [-0.4, -0.2) is 47.2 Å². The van der Waals surface area contributed by atoms with Crippen molar-refractivity contribution in [1.29, 1.82) is 0 Å². The van der Waals surface area contributed by atoms with Gasteiger partial charge in [0.05, 0.1) is 12.6 Å². The molecule has 0 bridgehead atoms. The highest BCUT2D eigenvalue weighted by atomic mass is 19.1. The Morgan fingerprint density at radius 2 is 1.95 bits per heavy atom. The highest BCUT2D eigenvalue weighted by Crippen LogP contribution is 2.48. The zero-order valence-corrected chi connectivity index (χ0v) is 12.2. The third-order valence-corrected chi connectivity index (χ3v) is 4.25. The van der Waals surface area contributed by atoms with E-state index in [0.717, 1.165) is 12.0 Å². The standard InChI is InChI=1S/C16H18FNO4/c1-9-7-18(8-14(22-9)16(20)21)15(19)13-6-12(13)10-2-4-11(17)5-3-10/h2-5,9,12-14H,6-8H2,1H3,(H,20,21)/t9-,12?,13?,14?/m1/s1. The maximum Gasteiger partial charge on any atom is 0.334 e. The molecule has 6 heteroatoms. The number of carboxylic acid groups (broad SMARTS) is 1. The van der Waals surface area contributed by atoms with E-state index in [1.165, 1.54) is 12.1 Å². The average molecular weight is 307 g/mol. The van der Waals surface area contributed by atoms with Gasteiger partial charge in [0, 0.05) is 12.5 Å². The molecule has 1 aliphatic carbocycles. The summed E-state index contributed by atoms with van der Waals surface area (Å²) in [5.41, 5.74) is 0.954. The lowest BCUT2D eigenvalue weighted by atomic mass is 10.1. The number of carboxylic acids is 1. The maximum atomic E-state index is 12.9. The van der Waals surface area contributed by atoms with Crippen LogP contribution < -0.4 is 0 Å². The minimum Gasteiger partial charge on any atom is -0.479 e. The molecule has 1 aromatic rings. The molecule has 1 saturated carbocycles. The van der Waals surface area contributed by atoms with Crippen LogP contribution in [0, 0.1) is 11.7 Å². The number of benzene rings is 1. The Morgan fingerprint density at radius 1 is 1.27 bits per heavy atom. The lowest BCUT2D eigenvalue weighted by Crippen LogP contribution is -2.52. The van der Waals surface area contributed by atoms with Gasteiger partial charge in [-0.3, -0.25) is 4.79 Å². The smallest absolute Gasteiger partial charge is 0.334 e. The van der Waals surface area contributed by atoms with Crippen LogP contribution in [0.3, 0.4) is 0 Å². The Hall–Kier alpha value is -1.95. The quantitative estimate of drug-likeness (QED) is 0.921. The van der Waals surface area contributed by atoms with Gasteiger partial charge in [-0.25, -0.2) is 9.18 Å². The lowest BCUT2D eigenvalue weighted by molar-refractivity contribution is -0.167. The van der Waals surface area contributed by atoms with Crippen molar-refractivity contribution >= 4 is 11.9 Å². The molecule has 22 heavy (non-hydrogen) atoms. The molecule has 1 aromatic carbocycles. The van der Waals surface area contributed by atoms with Crippen molar-refractivity contribution in [3.8, 4) is 0 Å². The summed E-state index contributed by atoms with van der Waals surface area (Å²) >= 11 is 0. The van der Waals surface area contributed by atoms with Gasteiger partial charge in [0.25, 0.3) is 0 Å². The molecule has 1 heterocycles. The van der Waals surface area contributed by atoms with E-state index in [0.29, 0.717) is 6.54 Å². The summed E-state index contributed by atoms with van der Waals surface area (Å²) in [6.45, 7) is 2.26. The van der Waals surface area contributed by atoms with E-state index >= 15 is 0 Å². The second kappa shape index (κ2) is 5.68. The third kappa shape index (κ3) is 2.97. The van der Waals surface area contributed by atoms with Gasteiger partial charge in [-0.1, -0.05) is 12.1 Å². The zero-order valence-electron chi connectivity index (χ0n) is 12.2. The van der Waals surface area contributed by atoms with Crippen molar-refractivity contribution in [3.63, 3.8) is 0 Å². The summed E-state index contributed by atoms with van der Waals surface area (Å²) in [6, 6.07) is 6.20. The van der Waals surface area contributed by atoms with Gasteiger partial charge >= 0.3 is 5.97 Å². The number of carbonyl (C=O) groups is 2. The van der Waals surface area contributed by atoms with Gasteiger partial charge in [-0.15, -0.1) is 0 Å². The van der Waals surface area contributed by atoms with Crippen molar-refractivity contribution in [2.45, 2.75) is 31.5 Å². The summed E-state index contributed by atoms with van der Waals surface area (Å²) in [5.74, 6) is -1.40. The fourth-order valence-corrected chi connectivity index (χ4v) is 3.05. The van der Waals surface area contributed by atoms with E-state index in [4.69, 9.17) is 9.84 Å². The highest BCUT2D eigenvalue weighted by molar-refractivity contribution is 5.84. The molecule has 0 aromatic heterocycles. The topological polar surface area (TPSA) is 66.8 Å². The Kier molecular flexibility index (Phi) is 3.87. The molecular weight excluding hydrogens is 289 g/mol. The average Bonchev–Trinajstić information content (AvgIpc) is 3.27. The Morgan fingerprint density at radius 3 is 2.59 bits per heavy atom. The Bertz CT molecular complexity index is 588. The van der Waals surface area contributed by atoms with Gasteiger partial charge in [-0.05, 0) is 37.0 Å². The second-order valence-corrected chi connectivity index (χ2v) is 6.02. The number of morpholine rings is 1. The molecule has 118 valence electrons. The normalized spacial score (nSPS) is 30.9. The van der Waals surface area contributed by atoms with Crippen LogP contribution >= 0.6 is 0 Å². The van der Waals surface area contributed by atoms with Crippen molar-refractivity contribution in [2.75, 3.05) is 13.1 Å². The molecule has 3 rings (SSSR count). The van der Waals surface area contributed by atoms with Gasteiger partial charge in [-0.2, -0.15) is 0 Å². The molecule has 5 nitrogen and oxygen atoms in total. The molecule has 1 saturated heterocycles. The maximum absolute atomic E-state index is 12.9. The SMILES string of the molecule is C[C@@H]1CN(C(=O)C2CC2c2ccc(F)cc2)CC(C(=O)O)O1. The van der Waals surface area contributed by atoms with Crippen molar-refractivity contribution in [1.82, 2.24) is 4.90 Å². The summed E-state index contributed by atoms with van der Waals surface area (Å²) in [7, 11) is 0. The van der Waals surface area contributed by atoms with Gasteiger partial charge < -0.3 is 14.7 Å². The van der Waals surface area contributed by atoms with Crippen molar-refractivity contribution in [3.05, 3.63) is 35.6 Å². The first-order chi connectivity index (χ1) is 10.5. The number of ether oxygens (including phenoxy) is 1. The number of nitrogens with zero attached hydrogens (tertiary/aromatic N) is 1. The number of carbonyl (C=O) groups excluding carboxylic acids is 1. The molecule has 0 spiro atoms.